The molecule has 0 radical (unpaired) electrons. The molecule has 0 aliphatic heterocycles. The molecule has 4 nitrogen and oxygen atoms in total. The topological polar surface area (TPSA) is 51.6 Å². The molecule has 1 N–H and O–H groups in total. The highest BCUT2D eigenvalue weighted by Gasteiger charge is 2.10. The third kappa shape index (κ3) is 2.63. The molecule has 0 saturated heterocycles. The summed E-state index contributed by atoms with van der Waals surface area (Å²) in [5.74, 6) is 1.44. The van der Waals surface area contributed by atoms with E-state index < -0.39 is 6.10 Å². The van der Waals surface area contributed by atoms with E-state index >= 15 is 0 Å². The quantitative estimate of drug-likeness (QED) is 0.923. The zero-order valence-electron chi connectivity index (χ0n) is 10.5. The van der Waals surface area contributed by atoms with Gasteiger partial charge in [-0.1, -0.05) is 0 Å². The Morgan fingerprint density at radius 3 is 2.22 bits per heavy atom. The summed E-state index contributed by atoms with van der Waals surface area (Å²) >= 11 is 1.46. The first kappa shape index (κ1) is 12.9. The molecule has 1 aromatic heterocycles. The zero-order chi connectivity index (χ0) is 13.1. The normalized spacial score (nSPS) is 12.2. The second-order valence-corrected chi connectivity index (χ2v) is 4.91. The van der Waals surface area contributed by atoms with E-state index in [4.69, 9.17) is 9.47 Å². The average molecular weight is 265 g/mol. The maximum absolute atomic E-state index is 9.51. The smallest absolute Gasteiger partial charge is 0.123 e. The van der Waals surface area contributed by atoms with E-state index in [2.05, 4.69) is 4.98 Å². The summed E-state index contributed by atoms with van der Waals surface area (Å²) in [6, 6.07) is 5.60. The Kier molecular flexibility index (Phi) is 3.84. The van der Waals surface area contributed by atoms with Crippen molar-refractivity contribution >= 4 is 11.3 Å². The first-order valence-corrected chi connectivity index (χ1v) is 6.33. The van der Waals surface area contributed by atoms with Crippen LogP contribution in [0, 0.1) is 0 Å². The van der Waals surface area contributed by atoms with Gasteiger partial charge in [-0.25, -0.2) is 4.98 Å². The summed E-state index contributed by atoms with van der Waals surface area (Å²) in [6.07, 6.45) is 1.19. The van der Waals surface area contributed by atoms with Crippen molar-refractivity contribution in [3.8, 4) is 22.1 Å². The van der Waals surface area contributed by atoms with Crippen molar-refractivity contribution in [3.63, 3.8) is 0 Å². The molecule has 1 heterocycles. The number of rotatable bonds is 4. The molecule has 0 saturated carbocycles. The molecule has 0 spiro atoms. The van der Waals surface area contributed by atoms with E-state index in [0.717, 1.165) is 26.9 Å². The molecular weight excluding hydrogens is 250 g/mol. The average Bonchev–Trinajstić information content (AvgIpc) is 2.87. The van der Waals surface area contributed by atoms with Crippen molar-refractivity contribution in [3.05, 3.63) is 29.3 Å². The first-order chi connectivity index (χ1) is 8.63. The Morgan fingerprint density at radius 2 is 1.78 bits per heavy atom. The Hall–Kier alpha value is -1.59. The summed E-state index contributed by atoms with van der Waals surface area (Å²) < 4.78 is 10.4. The molecule has 18 heavy (non-hydrogen) atoms. The van der Waals surface area contributed by atoms with E-state index in [9.17, 15) is 5.11 Å². The van der Waals surface area contributed by atoms with E-state index in [1.807, 2.05) is 18.2 Å². The van der Waals surface area contributed by atoms with E-state index in [0.29, 0.717) is 0 Å². The SMILES string of the molecule is COc1cc(OC)cc(-c2ncc(C(C)O)s2)c1. The predicted molar refractivity (Wildman–Crippen MR) is 71.3 cm³/mol. The zero-order valence-corrected chi connectivity index (χ0v) is 11.3. The molecule has 1 aromatic carbocycles. The minimum absolute atomic E-state index is 0.497. The Bertz CT molecular complexity index is 515. The molecular formula is C13H15NO3S. The van der Waals surface area contributed by atoms with Crippen LogP contribution in [0.15, 0.2) is 24.4 Å². The lowest BCUT2D eigenvalue weighted by Gasteiger charge is -2.06. The third-order valence-electron chi connectivity index (χ3n) is 2.53. The van der Waals surface area contributed by atoms with Crippen molar-refractivity contribution in [1.29, 1.82) is 0 Å². The fourth-order valence-corrected chi connectivity index (χ4v) is 2.38. The van der Waals surface area contributed by atoms with E-state index in [1.165, 1.54) is 11.3 Å². The molecule has 1 unspecified atom stereocenters. The highest BCUT2D eigenvalue weighted by Crippen LogP contribution is 2.33. The number of ether oxygens (including phenoxy) is 2. The third-order valence-corrected chi connectivity index (χ3v) is 3.75. The molecule has 0 bridgehead atoms. The lowest BCUT2D eigenvalue weighted by atomic mass is 10.2. The van der Waals surface area contributed by atoms with Gasteiger partial charge >= 0.3 is 0 Å². The minimum atomic E-state index is -0.497. The predicted octanol–water partition coefficient (Wildman–Crippen LogP) is 2.88. The second-order valence-electron chi connectivity index (χ2n) is 3.85. The van der Waals surface area contributed by atoms with Crippen LogP contribution in [0.25, 0.3) is 10.6 Å². The van der Waals surface area contributed by atoms with Gasteiger partial charge in [0.25, 0.3) is 0 Å². The largest absolute Gasteiger partial charge is 0.497 e. The van der Waals surface area contributed by atoms with E-state index in [1.54, 1.807) is 27.3 Å². The maximum Gasteiger partial charge on any atom is 0.123 e. The maximum atomic E-state index is 9.51. The van der Waals surface area contributed by atoms with Crippen molar-refractivity contribution in [2.24, 2.45) is 0 Å². The van der Waals surface area contributed by atoms with Gasteiger partial charge in [-0.05, 0) is 19.1 Å². The Balaban J connectivity index is 2.42. The van der Waals surface area contributed by atoms with Crippen LogP contribution in [0.2, 0.25) is 0 Å². The summed E-state index contributed by atoms with van der Waals surface area (Å²) in [5, 5.41) is 10.3. The van der Waals surface area contributed by atoms with Crippen LogP contribution in [0.4, 0.5) is 0 Å². The number of hydrogen-bond acceptors (Lipinski definition) is 5. The standard InChI is InChI=1S/C13H15NO3S/c1-8(15)12-7-14-13(18-12)9-4-10(16-2)6-11(5-9)17-3/h4-8,15H,1-3H3. The fraction of sp³-hybridized carbons (Fsp3) is 0.308. The van der Waals surface area contributed by atoms with Crippen molar-refractivity contribution in [2.45, 2.75) is 13.0 Å². The van der Waals surface area contributed by atoms with Crippen LogP contribution in [0.5, 0.6) is 11.5 Å². The molecule has 5 heteroatoms. The van der Waals surface area contributed by atoms with Gasteiger partial charge < -0.3 is 14.6 Å². The lowest BCUT2D eigenvalue weighted by Crippen LogP contribution is -1.88. The number of nitrogens with zero attached hydrogens (tertiary/aromatic N) is 1. The molecule has 1 atom stereocenters. The van der Waals surface area contributed by atoms with Gasteiger partial charge in [-0.2, -0.15) is 0 Å². The number of benzene rings is 1. The Labute approximate surface area is 110 Å². The molecule has 0 amide bonds. The summed E-state index contributed by atoms with van der Waals surface area (Å²) in [4.78, 5) is 5.15. The van der Waals surface area contributed by atoms with Crippen LogP contribution in [-0.4, -0.2) is 24.3 Å². The highest BCUT2D eigenvalue weighted by molar-refractivity contribution is 7.15. The van der Waals surface area contributed by atoms with Crippen LogP contribution >= 0.6 is 11.3 Å². The lowest BCUT2D eigenvalue weighted by molar-refractivity contribution is 0.203. The van der Waals surface area contributed by atoms with Gasteiger partial charge in [-0.3, -0.25) is 0 Å². The fourth-order valence-electron chi connectivity index (χ4n) is 1.54. The molecule has 2 rings (SSSR count). The van der Waals surface area contributed by atoms with Gasteiger partial charge in [0.1, 0.15) is 16.5 Å². The van der Waals surface area contributed by atoms with E-state index in [-0.39, 0.29) is 0 Å². The second kappa shape index (κ2) is 5.37. The van der Waals surface area contributed by atoms with Crippen LogP contribution in [-0.2, 0) is 0 Å². The number of aromatic nitrogens is 1. The van der Waals surface area contributed by atoms with Gasteiger partial charge in [-0.15, -0.1) is 11.3 Å². The van der Waals surface area contributed by atoms with Crippen LogP contribution in [0.3, 0.4) is 0 Å². The number of hydrogen-bond donors (Lipinski definition) is 1. The summed E-state index contributed by atoms with van der Waals surface area (Å²) in [5.41, 5.74) is 0.920. The van der Waals surface area contributed by atoms with Gasteiger partial charge in [0, 0.05) is 17.8 Å². The first-order valence-electron chi connectivity index (χ1n) is 5.51. The number of methoxy groups -OCH3 is 2. The molecule has 96 valence electrons. The minimum Gasteiger partial charge on any atom is -0.497 e. The van der Waals surface area contributed by atoms with Crippen LogP contribution < -0.4 is 9.47 Å². The van der Waals surface area contributed by atoms with Gasteiger partial charge in [0.2, 0.25) is 0 Å². The van der Waals surface area contributed by atoms with Crippen molar-refractivity contribution < 1.29 is 14.6 Å². The van der Waals surface area contributed by atoms with Crippen molar-refractivity contribution in [2.75, 3.05) is 14.2 Å². The van der Waals surface area contributed by atoms with Gasteiger partial charge in [0.15, 0.2) is 0 Å². The summed E-state index contributed by atoms with van der Waals surface area (Å²) in [7, 11) is 3.23. The van der Waals surface area contributed by atoms with Gasteiger partial charge in [0.05, 0.1) is 25.2 Å². The van der Waals surface area contributed by atoms with Crippen LogP contribution in [0.1, 0.15) is 17.9 Å². The molecule has 0 aliphatic carbocycles. The monoisotopic (exact) mass is 265 g/mol. The number of thiazole rings is 1. The molecule has 2 aromatic rings. The number of aliphatic hydroxyl groups excluding tert-OH is 1. The number of aliphatic hydroxyl groups is 1. The van der Waals surface area contributed by atoms with Crippen molar-refractivity contribution in [1.82, 2.24) is 4.98 Å². The Morgan fingerprint density at radius 1 is 1.17 bits per heavy atom. The molecule has 0 fully saturated rings. The summed E-state index contributed by atoms with van der Waals surface area (Å²) in [6.45, 7) is 1.73. The highest BCUT2D eigenvalue weighted by atomic mass is 32.1. The molecule has 0 aliphatic rings.